The highest BCUT2D eigenvalue weighted by Crippen LogP contribution is 2.71. The van der Waals surface area contributed by atoms with Crippen molar-refractivity contribution in [2.75, 3.05) is 6.61 Å². The molecule has 216 valence electrons. The Kier molecular flexibility index (Phi) is 5.62. The molecule has 1 aromatic rings. The molecule has 3 aliphatic heterocycles. The highest BCUT2D eigenvalue weighted by atomic mass is 16.7. The van der Waals surface area contributed by atoms with Gasteiger partial charge >= 0.3 is 0 Å². The number of carbonyl (C=O) groups is 2. The summed E-state index contributed by atoms with van der Waals surface area (Å²) in [4.78, 5) is 28.2. The van der Waals surface area contributed by atoms with Crippen LogP contribution in [0.5, 0.6) is 0 Å². The lowest BCUT2D eigenvalue weighted by Crippen LogP contribution is -2.56. The molecule has 2 saturated heterocycles. The average molecular weight is 546 g/mol. The fraction of sp³-hybridized carbons (Fsp3) is 0.771. The summed E-state index contributed by atoms with van der Waals surface area (Å²) in [5.41, 5.74) is 1.85. The number of amides is 2. The van der Waals surface area contributed by atoms with Gasteiger partial charge in [-0.15, -0.1) is 0 Å². The van der Waals surface area contributed by atoms with E-state index in [0.29, 0.717) is 51.7 Å². The van der Waals surface area contributed by atoms with Gasteiger partial charge in [0, 0.05) is 18.4 Å². The number of rotatable bonds is 1. The molecule has 12 atom stereocenters. The predicted molar refractivity (Wildman–Crippen MR) is 152 cm³/mol. The molecule has 2 amide bonds. The van der Waals surface area contributed by atoms with Crippen LogP contribution in [0, 0.1) is 52.3 Å². The van der Waals surface area contributed by atoms with E-state index in [-0.39, 0.29) is 23.6 Å². The molecule has 8 rings (SSSR count). The molecule has 0 radical (unpaired) electrons. The Morgan fingerprint density at radius 2 is 1.55 bits per heavy atom. The second-order valence-electron chi connectivity index (χ2n) is 15.6. The van der Waals surface area contributed by atoms with Crippen molar-refractivity contribution < 1.29 is 19.1 Å². The number of fused-ring (bicyclic) bond motifs is 8. The van der Waals surface area contributed by atoms with Crippen molar-refractivity contribution in [1.29, 1.82) is 0 Å². The predicted octanol–water partition coefficient (Wildman–Crippen LogP) is 7.10. The molecule has 5 nitrogen and oxygen atoms in total. The van der Waals surface area contributed by atoms with E-state index >= 15 is 0 Å². The first-order valence-corrected chi connectivity index (χ1v) is 16.4. The molecule has 0 aromatic heterocycles. The quantitative estimate of drug-likeness (QED) is 0.353. The van der Waals surface area contributed by atoms with Gasteiger partial charge in [0.05, 0.1) is 23.8 Å². The van der Waals surface area contributed by atoms with E-state index in [1.165, 1.54) is 38.5 Å². The number of nitrogens with zero attached hydrogens (tertiary/aromatic N) is 1. The van der Waals surface area contributed by atoms with Gasteiger partial charge in [0.1, 0.15) is 0 Å². The lowest BCUT2D eigenvalue weighted by Gasteiger charge is -2.61. The fourth-order valence-corrected chi connectivity index (χ4v) is 12.0. The van der Waals surface area contributed by atoms with E-state index < -0.39 is 0 Å². The molecule has 5 heteroatoms. The normalized spacial score (nSPS) is 51.3. The molecule has 3 heterocycles. The number of hydrogen-bond donors (Lipinski definition) is 0. The van der Waals surface area contributed by atoms with Gasteiger partial charge in [-0.3, -0.25) is 14.5 Å². The average Bonchev–Trinajstić information content (AvgIpc) is 3.50. The molecule has 0 bridgehead atoms. The Hall–Kier alpha value is -1.72. The van der Waals surface area contributed by atoms with Crippen LogP contribution in [0.3, 0.4) is 0 Å². The summed E-state index contributed by atoms with van der Waals surface area (Å²) in [6, 6.07) is 7.42. The van der Waals surface area contributed by atoms with E-state index in [2.05, 4.69) is 27.7 Å². The van der Waals surface area contributed by atoms with E-state index in [4.69, 9.17) is 9.47 Å². The second kappa shape index (κ2) is 8.66. The van der Waals surface area contributed by atoms with Crippen LogP contribution in [0.2, 0.25) is 0 Å². The third-order valence-electron chi connectivity index (χ3n) is 14.1. The Morgan fingerprint density at radius 1 is 0.825 bits per heavy atom. The topological polar surface area (TPSA) is 55.8 Å². The third kappa shape index (κ3) is 3.28. The summed E-state index contributed by atoms with van der Waals surface area (Å²) >= 11 is 0. The Labute approximate surface area is 239 Å². The van der Waals surface area contributed by atoms with Gasteiger partial charge in [0.25, 0.3) is 11.8 Å². The molecule has 7 aliphatic rings. The summed E-state index contributed by atoms with van der Waals surface area (Å²) < 4.78 is 13.5. The minimum atomic E-state index is -0.335. The molecule has 1 aromatic carbocycles. The molecule has 4 saturated carbocycles. The molecule has 0 N–H and O–H groups in total. The van der Waals surface area contributed by atoms with Crippen LogP contribution in [-0.2, 0) is 9.47 Å². The third-order valence-corrected chi connectivity index (χ3v) is 14.1. The van der Waals surface area contributed by atoms with Gasteiger partial charge in [-0.1, -0.05) is 39.8 Å². The second-order valence-corrected chi connectivity index (χ2v) is 15.6. The zero-order valence-corrected chi connectivity index (χ0v) is 24.9. The fourth-order valence-electron chi connectivity index (χ4n) is 12.0. The van der Waals surface area contributed by atoms with Crippen LogP contribution < -0.4 is 0 Å². The zero-order valence-electron chi connectivity index (χ0n) is 24.9. The Bertz CT molecular complexity index is 1200. The lowest BCUT2D eigenvalue weighted by molar-refractivity contribution is -0.273. The number of carbonyl (C=O) groups excluding carboxylic acids is 2. The highest BCUT2D eigenvalue weighted by Gasteiger charge is 2.69. The summed E-state index contributed by atoms with van der Waals surface area (Å²) in [7, 11) is 0. The van der Waals surface area contributed by atoms with Gasteiger partial charge < -0.3 is 9.47 Å². The van der Waals surface area contributed by atoms with Crippen LogP contribution >= 0.6 is 0 Å². The molecule has 1 spiro atoms. The summed E-state index contributed by atoms with van der Waals surface area (Å²) in [5, 5.41) is 0. The standard InChI is InChI=1S/C35H47NO4/c1-20-11-16-35(39-19-20)21(2)30-29(40-35)18-28-26-10-9-22-17-23(12-14-33(22,3)27(26)13-15-34(28,30)4)36-31(37)24-7-5-6-8-25(24)32(36)38/h5-8,20-23,26-30H,9-19H2,1-4H3/t20?,21-,22?,23?,26?,27-,28-,29-,30-,33?,34?,35+/m0/s1. The maximum atomic E-state index is 13.3. The van der Waals surface area contributed by atoms with Gasteiger partial charge in [0.15, 0.2) is 5.79 Å². The molecule has 4 aliphatic carbocycles. The minimum Gasteiger partial charge on any atom is -0.349 e. The molecule has 6 unspecified atom stereocenters. The lowest BCUT2D eigenvalue weighted by atomic mass is 9.44. The molecule has 6 fully saturated rings. The van der Waals surface area contributed by atoms with Crippen molar-refractivity contribution in [2.45, 2.75) is 110 Å². The maximum absolute atomic E-state index is 13.3. The van der Waals surface area contributed by atoms with E-state index in [1.54, 1.807) is 4.90 Å². The van der Waals surface area contributed by atoms with Crippen molar-refractivity contribution in [3.8, 4) is 0 Å². The first-order valence-electron chi connectivity index (χ1n) is 16.4. The first-order chi connectivity index (χ1) is 19.2. The van der Waals surface area contributed by atoms with Crippen LogP contribution in [0.1, 0.15) is 113 Å². The van der Waals surface area contributed by atoms with Crippen molar-refractivity contribution in [3.05, 3.63) is 35.4 Å². The minimum absolute atomic E-state index is 0.0466. The van der Waals surface area contributed by atoms with Crippen molar-refractivity contribution in [1.82, 2.24) is 4.90 Å². The molecular formula is C35H47NO4. The summed E-state index contributed by atoms with van der Waals surface area (Å²) in [5.74, 6) is 4.12. The molecule has 40 heavy (non-hydrogen) atoms. The van der Waals surface area contributed by atoms with Crippen LogP contribution in [0.15, 0.2) is 24.3 Å². The number of benzene rings is 1. The number of imide groups is 1. The Balaban J connectivity index is 1.00. The van der Waals surface area contributed by atoms with E-state index in [9.17, 15) is 9.59 Å². The number of hydrogen-bond acceptors (Lipinski definition) is 4. The van der Waals surface area contributed by atoms with E-state index in [1.807, 2.05) is 24.3 Å². The zero-order chi connectivity index (χ0) is 27.6. The molecular weight excluding hydrogens is 498 g/mol. The SMILES string of the molecule is CC1CC[C@@]2(OC1)O[C@H]1C[C@H]3C4CCC5CC(N6C(=O)c7ccccc7C6=O)CCC5(C)[C@H]4CCC3(C)[C@H]1[C@@H]2C. The monoisotopic (exact) mass is 545 g/mol. The summed E-state index contributed by atoms with van der Waals surface area (Å²) in [6.45, 7) is 10.8. The first kappa shape index (κ1) is 25.9. The van der Waals surface area contributed by atoms with Crippen LogP contribution in [-0.4, -0.2) is 41.3 Å². The van der Waals surface area contributed by atoms with Gasteiger partial charge in [-0.25, -0.2) is 0 Å². The largest absolute Gasteiger partial charge is 0.349 e. The smallest absolute Gasteiger partial charge is 0.261 e. The highest BCUT2D eigenvalue weighted by molar-refractivity contribution is 6.21. The van der Waals surface area contributed by atoms with Crippen LogP contribution in [0.4, 0.5) is 0 Å². The van der Waals surface area contributed by atoms with Crippen LogP contribution in [0.25, 0.3) is 0 Å². The van der Waals surface area contributed by atoms with Gasteiger partial charge in [-0.2, -0.15) is 0 Å². The number of ether oxygens (including phenoxy) is 2. The Morgan fingerprint density at radius 3 is 2.25 bits per heavy atom. The van der Waals surface area contributed by atoms with Crippen molar-refractivity contribution in [3.63, 3.8) is 0 Å². The maximum Gasteiger partial charge on any atom is 0.261 e. The van der Waals surface area contributed by atoms with Gasteiger partial charge in [-0.05, 0) is 116 Å². The van der Waals surface area contributed by atoms with Gasteiger partial charge in [0.2, 0.25) is 0 Å². The van der Waals surface area contributed by atoms with Crippen molar-refractivity contribution >= 4 is 11.8 Å². The van der Waals surface area contributed by atoms with E-state index in [0.717, 1.165) is 50.0 Å². The summed E-state index contributed by atoms with van der Waals surface area (Å²) in [6.07, 6.45) is 12.1. The van der Waals surface area contributed by atoms with Crippen molar-refractivity contribution in [2.24, 2.45) is 52.3 Å².